The predicted molar refractivity (Wildman–Crippen MR) is 78.1 cm³/mol. The highest BCUT2D eigenvalue weighted by Crippen LogP contribution is 2.10. The summed E-state index contributed by atoms with van der Waals surface area (Å²) in [6, 6.07) is 6.25. The van der Waals surface area contributed by atoms with E-state index in [4.69, 9.17) is 5.11 Å². The zero-order valence-corrected chi connectivity index (χ0v) is 12.0. The third-order valence-corrected chi connectivity index (χ3v) is 2.86. The Morgan fingerprint density at radius 3 is 2.33 bits per heavy atom. The van der Waals surface area contributed by atoms with Crippen LogP contribution in [0.3, 0.4) is 0 Å². The van der Waals surface area contributed by atoms with Crippen LogP contribution in [0.25, 0.3) is 0 Å². The van der Waals surface area contributed by atoms with Gasteiger partial charge in [0.1, 0.15) is 0 Å². The Labute approximate surface area is 122 Å². The predicted octanol–water partition coefficient (Wildman–Crippen LogP) is 0.913. The van der Waals surface area contributed by atoms with Crippen molar-refractivity contribution in [1.29, 1.82) is 0 Å². The second-order valence-electron chi connectivity index (χ2n) is 4.54. The molecule has 0 fully saturated rings. The Bertz CT molecular complexity index is 513. The smallest absolute Gasteiger partial charge is 0.321 e. The first kappa shape index (κ1) is 16.5. The molecule has 7 nitrogen and oxygen atoms in total. The van der Waals surface area contributed by atoms with Gasteiger partial charge in [-0.15, -0.1) is 0 Å². The van der Waals surface area contributed by atoms with Crippen LogP contribution in [0.2, 0.25) is 0 Å². The van der Waals surface area contributed by atoms with Crippen LogP contribution in [0.4, 0.5) is 10.5 Å². The van der Waals surface area contributed by atoms with Gasteiger partial charge in [0.25, 0.3) is 0 Å². The summed E-state index contributed by atoms with van der Waals surface area (Å²) in [5, 5.41) is 13.8. The van der Waals surface area contributed by atoms with Gasteiger partial charge in [0, 0.05) is 32.7 Å². The minimum absolute atomic E-state index is 0.0553. The molecule has 1 aromatic carbocycles. The molecule has 0 unspecified atom stereocenters. The molecule has 114 valence electrons. The van der Waals surface area contributed by atoms with E-state index in [0.29, 0.717) is 17.8 Å². The molecule has 3 N–H and O–H groups in total. The topological polar surface area (TPSA) is 98.7 Å². The van der Waals surface area contributed by atoms with Gasteiger partial charge in [0.15, 0.2) is 0 Å². The van der Waals surface area contributed by atoms with Crippen molar-refractivity contribution in [2.75, 3.05) is 26.0 Å². The lowest BCUT2D eigenvalue weighted by Crippen LogP contribution is -2.34. The van der Waals surface area contributed by atoms with Crippen LogP contribution >= 0.6 is 0 Å². The summed E-state index contributed by atoms with van der Waals surface area (Å²) in [5.74, 6) is -1.03. The number of urea groups is 1. The molecule has 0 heterocycles. The van der Waals surface area contributed by atoms with Crippen LogP contribution in [-0.4, -0.2) is 48.6 Å². The SMILES string of the molecule is CNC(=O)CCN(C)C(=O)Nc1ccc(CC(=O)O)cc1. The number of carbonyl (C=O) groups excluding carboxylic acids is 2. The van der Waals surface area contributed by atoms with Crippen LogP contribution < -0.4 is 10.6 Å². The summed E-state index contributed by atoms with van der Waals surface area (Å²) in [7, 11) is 3.14. The lowest BCUT2D eigenvalue weighted by atomic mass is 10.1. The quantitative estimate of drug-likeness (QED) is 0.726. The molecule has 0 aromatic heterocycles. The molecule has 0 saturated carbocycles. The lowest BCUT2D eigenvalue weighted by Gasteiger charge is -2.17. The van der Waals surface area contributed by atoms with Crippen molar-refractivity contribution >= 4 is 23.6 Å². The first-order valence-electron chi connectivity index (χ1n) is 6.46. The number of hydrogen-bond donors (Lipinski definition) is 3. The fourth-order valence-electron chi connectivity index (χ4n) is 1.60. The van der Waals surface area contributed by atoms with Gasteiger partial charge >= 0.3 is 12.0 Å². The number of benzene rings is 1. The summed E-state index contributed by atoms with van der Waals surface area (Å²) in [4.78, 5) is 34.9. The molecule has 0 bridgehead atoms. The second-order valence-corrected chi connectivity index (χ2v) is 4.54. The number of amides is 3. The van der Waals surface area contributed by atoms with Gasteiger partial charge in [-0.25, -0.2) is 4.79 Å². The number of aliphatic carboxylic acids is 1. The third kappa shape index (κ3) is 5.94. The number of carbonyl (C=O) groups is 3. The van der Waals surface area contributed by atoms with E-state index in [1.807, 2.05) is 0 Å². The van der Waals surface area contributed by atoms with Gasteiger partial charge in [0.2, 0.25) is 5.91 Å². The fourth-order valence-corrected chi connectivity index (χ4v) is 1.60. The van der Waals surface area contributed by atoms with Crippen molar-refractivity contribution in [2.24, 2.45) is 0 Å². The zero-order valence-electron chi connectivity index (χ0n) is 12.0. The van der Waals surface area contributed by atoms with E-state index < -0.39 is 5.97 Å². The Morgan fingerprint density at radius 2 is 1.81 bits per heavy atom. The standard InChI is InChI=1S/C14H19N3O4/c1-15-12(18)7-8-17(2)14(21)16-11-5-3-10(4-6-11)9-13(19)20/h3-6H,7-9H2,1-2H3,(H,15,18)(H,16,21)(H,19,20). The largest absolute Gasteiger partial charge is 0.481 e. The monoisotopic (exact) mass is 293 g/mol. The molecule has 0 spiro atoms. The molecule has 0 atom stereocenters. The fraction of sp³-hybridized carbons (Fsp3) is 0.357. The number of hydrogen-bond acceptors (Lipinski definition) is 3. The minimum Gasteiger partial charge on any atom is -0.481 e. The highest BCUT2D eigenvalue weighted by atomic mass is 16.4. The Balaban J connectivity index is 2.50. The van der Waals surface area contributed by atoms with Crippen LogP contribution in [0.15, 0.2) is 24.3 Å². The number of nitrogens with one attached hydrogen (secondary N) is 2. The highest BCUT2D eigenvalue weighted by molar-refractivity contribution is 5.89. The van der Waals surface area contributed by atoms with Crippen molar-refractivity contribution in [2.45, 2.75) is 12.8 Å². The first-order chi connectivity index (χ1) is 9.92. The maximum Gasteiger partial charge on any atom is 0.321 e. The van der Waals surface area contributed by atoms with E-state index in [-0.39, 0.29) is 24.8 Å². The third-order valence-electron chi connectivity index (χ3n) is 2.86. The molecular formula is C14H19N3O4. The summed E-state index contributed by atoms with van der Waals surface area (Å²) < 4.78 is 0. The molecule has 0 aliphatic rings. The van der Waals surface area contributed by atoms with Crippen molar-refractivity contribution in [3.63, 3.8) is 0 Å². The average Bonchev–Trinajstić information content (AvgIpc) is 2.45. The molecule has 0 radical (unpaired) electrons. The maximum atomic E-state index is 11.9. The molecule has 0 aliphatic heterocycles. The van der Waals surface area contributed by atoms with Gasteiger partial charge in [-0.1, -0.05) is 12.1 Å². The van der Waals surface area contributed by atoms with E-state index >= 15 is 0 Å². The van der Waals surface area contributed by atoms with Crippen LogP contribution in [0.5, 0.6) is 0 Å². The Hall–Kier alpha value is -2.57. The van der Waals surface area contributed by atoms with Crippen molar-refractivity contribution < 1.29 is 19.5 Å². The van der Waals surface area contributed by atoms with E-state index in [0.717, 1.165) is 0 Å². The van der Waals surface area contributed by atoms with Crippen molar-refractivity contribution in [1.82, 2.24) is 10.2 Å². The van der Waals surface area contributed by atoms with Crippen molar-refractivity contribution in [3.05, 3.63) is 29.8 Å². The number of carboxylic acids is 1. The van der Waals surface area contributed by atoms with Gasteiger partial charge < -0.3 is 20.6 Å². The van der Waals surface area contributed by atoms with E-state index in [1.54, 1.807) is 38.4 Å². The van der Waals surface area contributed by atoms with Gasteiger partial charge in [-0.2, -0.15) is 0 Å². The number of rotatable bonds is 6. The number of carboxylic acid groups (broad SMARTS) is 1. The van der Waals surface area contributed by atoms with Crippen LogP contribution in [0.1, 0.15) is 12.0 Å². The van der Waals surface area contributed by atoms with E-state index in [9.17, 15) is 14.4 Å². The summed E-state index contributed by atoms with van der Waals surface area (Å²) in [6.07, 6.45) is 0.179. The summed E-state index contributed by atoms with van der Waals surface area (Å²) in [6.45, 7) is 0.308. The Morgan fingerprint density at radius 1 is 1.19 bits per heavy atom. The molecule has 1 rings (SSSR count). The molecule has 0 saturated heterocycles. The van der Waals surface area contributed by atoms with Gasteiger partial charge in [-0.05, 0) is 17.7 Å². The van der Waals surface area contributed by atoms with Crippen molar-refractivity contribution in [3.8, 4) is 0 Å². The van der Waals surface area contributed by atoms with E-state index in [2.05, 4.69) is 10.6 Å². The average molecular weight is 293 g/mol. The molecule has 1 aromatic rings. The normalized spacial score (nSPS) is 9.81. The molecule has 3 amide bonds. The van der Waals surface area contributed by atoms with Gasteiger partial charge in [-0.3, -0.25) is 9.59 Å². The molecule has 21 heavy (non-hydrogen) atoms. The minimum atomic E-state index is -0.902. The zero-order chi connectivity index (χ0) is 15.8. The molecule has 7 heteroatoms. The number of nitrogens with zero attached hydrogens (tertiary/aromatic N) is 1. The summed E-state index contributed by atoms with van der Waals surface area (Å²) >= 11 is 0. The Kier molecular flexibility index (Phi) is 6.19. The highest BCUT2D eigenvalue weighted by Gasteiger charge is 2.10. The molecular weight excluding hydrogens is 274 g/mol. The number of anilines is 1. The van der Waals surface area contributed by atoms with E-state index in [1.165, 1.54) is 4.90 Å². The lowest BCUT2D eigenvalue weighted by molar-refractivity contribution is -0.136. The van der Waals surface area contributed by atoms with Gasteiger partial charge in [0.05, 0.1) is 6.42 Å². The van der Waals surface area contributed by atoms with Crippen LogP contribution in [0, 0.1) is 0 Å². The summed E-state index contributed by atoms with van der Waals surface area (Å²) in [5.41, 5.74) is 1.23. The second kappa shape index (κ2) is 7.88. The maximum absolute atomic E-state index is 11.9. The molecule has 0 aliphatic carbocycles. The van der Waals surface area contributed by atoms with Crippen LogP contribution in [-0.2, 0) is 16.0 Å². The first-order valence-corrected chi connectivity index (χ1v) is 6.46.